The number of nitrogens with one attached hydrogen (secondary N) is 1. The highest BCUT2D eigenvalue weighted by Crippen LogP contribution is 2.41. The van der Waals surface area contributed by atoms with Gasteiger partial charge in [0.05, 0.1) is 22.7 Å². The zero-order chi connectivity index (χ0) is 26.9. The molecule has 0 radical (unpaired) electrons. The number of azo groups is 1. The van der Waals surface area contributed by atoms with Gasteiger partial charge in [-0.15, -0.1) is 10.2 Å². The zero-order valence-electron chi connectivity index (χ0n) is 19.4. The number of fused-ring (bicyclic) bond motifs is 1. The minimum absolute atomic E-state index is 0.0864. The van der Waals surface area contributed by atoms with Crippen LogP contribution in [-0.2, 0) is 10.1 Å². The SMILES string of the molecule is COc1ccc(NC(=O)c2cc3ccccc3c(N=Nc3c(C)ccc(Cl)c3S(=O)(=O)O)c2O)cc1Cl. The Morgan fingerprint density at radius 1 is 0.973 bits per heavy atom. The molecule has 0 aliphatic carbocycles. The van der Waals surface area contributed by atoms with Gasteiger partial charge in [0.2, 0.25) is 0 Å². The van der Waals surface area contributed by atoms with Gasteiger partial charge in [0.1, 0.15) is 22.0 Å². The monoisotopic (exact) mass is 559 g/mol. The van der Waals surface area contributed by atoms with Crippen LogP contribution in [0.15, 0.2) is 75.8 Å². The first kappa shape index (κ1) is 26.4. The fourth-order valence-corrected chi connectivity index (χ4v) is 5.11. The van der Waals surface area contributed by atoms with E-state index >= 15 is 0 Å². The Kier molecular flexibility index (Phi) is 7.37. The van der Waals surface area contributed by atoms with Crippen LogP contribution in [0.2, 0.25) is 10.0 Å². The Bertz CT molecular complexity index is 1690. The predicted octanol–water partition coefficient (Wildman–Crippen LogP) is 7.08. The smallest absolute Gasteiger partial charge is 0.298 e. The van der Waals surface area contributed by atoms with Crippen molar-refractivity contribution in [3.05, 3.63) is 81.8 Å². The number of nitrogens with zero attached hydrogens (tertiary/aromatic N) is 2. The molecule has 0 aliphatic heterocycles. The van der Waals surface area contributed by atoms with Crippen molar-refractivity contribution >= 4 is 67.1 Å². The molecule has 4 rings (SSSR count). The van der Waals surface area contributed by atoms with Gasteiger partial charge in [-0.3, -0.25) is 9.35 Å². The Hall–Kier alpha value is -3.70. The quantitative estimate of drug-likeness (QED) is 0.170. The van der Waals surface area contributed by atoms with Crippen molar-refractivity contribution < 1.29 is 27.6 Å². The van der Waals surface area contributed by atoms with Gasteiger partial charge in [-0.1, -0.05) is 53.5 Å². The molecule has 3 N–H and O–H groups in total. The van der Waals surface area contributed by atoms with Crippen LogP contribution >= 0.6 is 23.2 Å². The van der Waals surface area contributed by atoms with Crippen LogP contribution in [0.5, 0.6) is 11.5 Å². The molecule has 0 spiro atoms. The second-order valence-electron chi connectivity index (χ2n) is 7.86. The highest BCUT2D eigenvalue weighted by atomic mass is 35.5. The third-order valence-corrected chi connectivity index (χ3v) is 7.09. The Morgan fingerprint density at radius 2 is 1.68 bits per heavy atom. The lowest BCUT2D eigenvalue weighted by Gasteiger charge is -2.12. The molecule has 12 heteroatoms. The maximum atomic E-state index is 13.1. The summed E-state index contributed by atoms with van der Waals surface area (Å²) in [7, 11) is -3.28. The number of anilines is 1. The molecule has 0 aromatic heterocycles. The van der Waals surface area contributed by atoms with Crippen LogP contribution in [0.3, 0.4) is 0 Å². The van der Waals surface area contributed by atoms with Crippen molar-refractivity contribution in [3.8, 4) is 11.5 Å². The highest BCUT2D eigenvalue weighted by Gasteiger charge is 2.23. The number of phenols is 1. The maximum absolute atomic E-state index is 13.1. The van der Waals surface area contributed by atoms with Gasteiger partial charge in [0, 0.05) is 11.1 Å². The molecular weight excluding hydrogens is 541 g/mol. The van der Waals surface area contributed by atoms with Gasteiger partial charge in [0.25, 0.3) is 16.0 Å². The number of benzene rings is 4. The van der Waals surface area contributed by atoms with E-state index in [1.54, 1.807) is 43.3 Å². The molecule has 0 unspecified atom stereocenters. The van der Waals surface area contributed by atoms with E-state index in [-0.39, 0.29) is 27.0 Å². The number of carbonyl (C=O) groups excluding carboxylic acids is 1. The molecule has 37 heavy (non-hydrogen) atoms. The summed E-state index contributed by atoms with van der Waals surface area (Å²) in [6, 6.07) is 15.8. The lowest BCUT2D eigenvalue weighted by Crippen LogP contribution is -2.12. The predicted molar refractivity (Wildman–Crippen MR) is 142 cm³/mol. The standard InChI is InChI=1S/C25H19Cl2N3O6S/c1-13-7-9-18(26)24(37(33,34)35)21(13)29-30-22-16-6-4-3-5-14(16)11-17(23(22)31)25(32)28-15-8-10-20(36-2)19(27)12-15/h3-12,31H,1-2H3,(H,28,32)(H,33,34,35). The van der Waals surface area contributed by atoms with E-state index in [2.05, 4.69) is 15.5 Å². The summed E-state index contributed by atoms with van der Waals surface area (Å²) in [5.74, 6) is -0.720. The van der Waals surface area contributed by atoms with Gasteiger partial charge in [0.15, 0.2) is 5.75 Å². The summed E-state index contributed by atoms with van der Waals surface area (Å²) in [5.41, 5.74) is 0.309. The number of halogens is 2. The van der Waals surface area contributed by atoms with Crippen molar-refractivity contribution in [2.24, 2.45) is 10.2 Å². The van der Waals surface area contributed by atoms with Crippen LogP contribution < -0.4 is 10.1 Å². The second-order valence-corrected chi connectivity index (χ2v) is 10.0. The molecule has 0 bridgehead atoms. The Labute approximate surface area is 222 Å². The first-order valence-corrected chi connectivity index (χ1v) is 12.8. The van der Waals surface area contributed by atoms with E-state index in [1.165, 1.54) is 31.4 Å². The third kappa shape index (κ3) is 5.37. The van der Waals surface area contributed by atoms with Gasteiger partial charge < -0.3 is 15.2 Å². The molecule has 0 saturated carbocycles. The summed E-state index contributed by atoms with van der Waals surface area (Å²) in [6.45, 7) is 1.56. The van der Waals surface area contributed by atoms with E-state index in [0.29, 0.717) is 27.8 Å². The fraction of sp³-hybridized carbons (Fsp3) is 0.0800. The molecular formula is C25H19Cl2N3O6S. The fourth-order valence-electron chi connectivity index (χ4n) is 3.65. The summed E-state index contributed by atoms with van der Waals surface area (Å²) in [4.78, 5) is 12.5. The van der Waals surface area contributed by atoms with Crippen molar-refractivity contribution in [2.45, 2.75) is 11.8 Å². The van der Waals surface area contributed by atoms with Gasteiger partial charge in [-0.2, -0.15) is 8.42 Å². The molecule has 190 valence electrons. The normalized spacial score (nSPS) is 11.7. The number of aromatic hydroxyl groups is 1. The summed E-state index contributed by atoms with van der Waals surface area (Å²) in [6.07, 6.45) is 0. The Balaban J connectivity index is 1.83. The first-order valence-electron chi connectivity index (χ1n) is 10.6. The molecule has 0 heterocycles. The number of hydrogen-bond donors (Lipinski definition) is 3. The number of aryl methyl sites for hydroxylation is 1. The van der Waals surface area contributed by atoms with E-state index < -0.39 is 26.7 Å². The van der Waals surface area contributed by atoms with E-state index in [9.17, 15) is 22.9 Å². The number of methoxy groups -OCH3 is 1. The van der Waals surface area contributed by atoms with Crippen LogP contribution in [0, 0.1) is 6.92 Å². The molecule has 1 amide bonds. The number of rotatable bonds is 6. The van der Waals surface area contributed by atoms with Crippen LogP contribution in [0.1, 0.15) is 15.9 Å². The third-order valence-electron chi connectivity index (χ3n) is 5.44. The Morgan fingerprint density at radius 3 is 2.35 bits per heavy atom. The van der Waals surface area contributed by atoms with Crippen LogP contribution in [0.4, 0.5) is 17.1 Å². The van der Waals surface area contributed by atoms with Crippen molar-refractivity contribution in [1.82, 2.24) is 0 Å². The first-order chi connectivity index (χ1) is 17.5. The lowest BCUT2D eigenvalue weighted by molar-refractivity contribution is 0.102. The molecule has 4 aromatic rings. The molecule has 0 fully saturated rings. The molecule has 0 atom stereocenters. The average Bonchev–Trinajstić information content (AvgIpc) is 2.84. The number of hydrogen-bond acceptors (Lipinski definition) is 7. The van der Waals surface area contributed by atoms with E-state index in [1.807, 2.05) is 0 Å². The summed E-state index contributed by atoms with van der Waals surface area (Å²) >= 11 is 12.1. The summed E-state index contributed by atoms with van der Waals surface area (Å²) in [5, 5.41) is 22.8. The minimum atomic E-state index is -4.74. The van der Waals surface area contributed by atoms with Gasteiger partial charge >= 0.3 is 0 Å². The molecule has 4 aromatic carbocycles. The van der Waals surface area contributed by atoms with Crippen molar-refractivity contribution in [3.63, 3.8) is 0 Å². The number of amides is 1. The zero-order valence-corrected chi connectivity index (χ0v) is 21.7. The highest BCUT2D eigenvalue weighted by molar-refractivity contribution is 7.86. The average molecular weight is 560 g/mol. The summed E-state index contributed by atoms with van der Waals surface area (Å²) < 4.78 is 38.7. The lowest BCUT2D eigenvalue weighted by atomic mass is 10.0. The number of carbonyl (C=O) groups is 1. The largest absolute Gasteiger partial charge is 0.505 e. The van der Waals surface area contributed by atoms with Crippen LogP contribution in [0.25, 0.3) is 10.8 Å². The van der Waals surface area contributed by atoms with E-state index in [4.69, 9.17) is 27.9 Å². The molecule has 9 nitrogen and oxygen atoms in total. The molecule has 0 aliphatic rings. The second kappa shape index (κ2) is 10.3. The molecule has 0 saturated heterocycles. The van der Waals surface area contributed by atoms with Crippen LogP contribution in [-0.4, -0.2) is 31.1 Å². The van der Waals surface area contributed by atoms with Crippen molar-refractivity contribution in [1.29, 1.82) is 0 Å². The topological polar surface area (TPSA) is 138 Å². The number of phenolic OH excluding ortho intramolecular Hbond substituents is 1. The number of ether oxygens (including phenoxy) is 1. The van der Waals surface area contributed by atoms with Gasteiger partial charge in [-0.05, 0) is 48.2 Å². The minimum Gasteiger partial charge on any atom is -0.505 e. The van der Waals surface area contributed by atoms with Gasteiger partial charge in [-0.25, -0.2) is 0 Å². The van der Waals surface area contributed by atoms with E-state index in [0.717, 1.165) is 0 Å². The maximum Gasteiger partial charge on any atom is 0.298 e. The van der Waals surface area contributed by atoms with Crippen molar-refractivity contribution in [2.75, 3.05) is 12.4 Å².